The van der Waals surface area contributed by atoms with Gasteiger partial charge < -0.3 is 28.6 Å². The van der Waals surface area contributed by atoms with Crippen LogP contribution in [0.2, 0.25) is 0 Å². The van der Waals surface area contributed by atoms with Gasteiger partial charge in [-0.25, -0.2) is 9.78 Å². The van der Waals surface area contributed by atoms with Crippen molar-refractivity contribution in [3.8, 4) is 22.8 Å². The van der Waals surface area contributed by atoms with Gasteiger partial charge in [0.2, 0.25) is 5.91 Å². The summed E-state index contributed by atoms with van der Waals surface area (Å²) in [5.41, 5.74) is 4.39. The van der Waals surface area contributed by atoms with Crippen molar-refractivity contribution < 1.29 is 37.0 Å². The summed E-state index contributed by atoms with van der Waals surface area (Å²) in [7, 11) is 1.38. The smallest absolute Gasteiger partial charge is 0.496 e. The highest BCUT2D eigenvalue weighted by Crippen LogP contribution is 2.37. The summed E-state index contributed by atoms with van der Waals surface area (Å²) in [4.78, 5) is 32.4. The lowest BCUT2D eigenvalue weighted by Crippen LogP contribution is -2.50. The molecule has 1 atom stereocenters. The van der Waals surface area contributed by atoms with Crippen LogP contribution in [0.5, 0.6) is 11.5 Å². The average molecular weight is 563 g/mol. The average Bonchev–Trinajstić information content (AvgIpc) is 3.22. The van der Waals surface area contributed by atoms with E-state index >= 15 is 0 Å². The van der Waals surface area contributed by atoms with Gasteiger partial charge in [-0.05, 0) is 49.6 Å². The van der Waals surface area contributed by atoms with Crippen LogP contribution < -0.4 is 9.47 Å². The molecule has 0 N–H and O–H groups in total. The normalized spacial score (nSPS) is 14.8. The van der Waals surface area contributed by atoms with E-state index in [0.29, 0.717) is 43.9 Å². The zero-order valence-corrected chi connectivity index (χ0v) is 23.2. The molecule has 1 saturated heterocycles. The number of ether oxygens (including phenoxy) is 3. The van der Waals surface area contributed by atoms with Crippen LogP contribution in [0.25, 0.3) is 22.3 Å². The molecule has 0 radical (unpaired) electrons. The Bertz CT molecular complexity index is 1400. The van der Waals surface area contributed by atoms with Gasteiger partial charge in [0, 0.05) is 50.9 Å². The highest BCUT2D eigenvalue weighted by atomic mass is 19.4. The molecular formula is C28H33F3N4O5. The second-order valence-electron chi connectivity index (χ2n) is 9.78. The number of fused-ring (bicyclic) bond motifs is 1. The van der Waals surface area contributed by atoms with E-state index in [1.54, 1.807) is 9.80 Å². The number of piperazine rings is 1. The van der Waals surface area contributed by atoms with Gasteiger partial charge in [0.15, 0.2) is 0 Å². The number of rotatable bonds is 7. The molecule has 0 unspecified atom stereocenters. The minimum Gasteiger partial charge on any atom is -0.496 e. The molecule has 1 aliphatic rings. The van der Waals surface area contributed by atoms with Crippen LogP contribution >= 0.6 is 0 Å². The van der Waals surface area contributed by atoms with Crippen molar-refractivity contribution in [1.82, 2.24) is 19.4 Å². The van der Waals surface area contributed by atoms with Crippen LogP contribution in [-0.4, -0.2) is 77.6 Å². The molecule has 216 valence electrons. The van der Waals surface area contributed by atoms with Gasteiger partial charge in [-0.1, -0.05) is 6.92 Å². The van der Waals surface area contributed by atoms with Crippen molar-refractivity contribution in [3.05, 3.63) is 41.6 Å². The number of nitrogens with zero attached hydrogens (tertiary/aromatic N) is 4. The Balaban J connectivity index is 1.56. The number of benzene rings is 1. The quantitative estimate of drug-likeness (QED) is 0.379. The van der Waals surface area contributed by atoms with Crippen molar-refractivity contribution in [1.29, 1.82) is 0 Å². The molecule has 12 heteroatoms. The van der Waals surface area contributed by atoms with Crippen LogP contribution in [0.3, 0.4) is 0 Å². The largest absolute Gasteiger partial charge is 0.573 e. The number of aryl methyl sites for hydroxylation is 2. The van der Waals surface area contributed by atoms with Crippen LogP contribution in [0.15, 0.2) is 30.5 Å². The van der Waals surface area contributed by atoms with Gasteiger partial charge in [-0.15, -0.1) is 13.2 Å². The molecule has 1 aromatic carbocycles. The van der Waals surface area contributed by atoms with Gasteiger partial charge in [0.05, 0.1) is 29.9 Å². The Morgan fingerprint density at radius 3 is 2.33 bits per heavy atom. The first-order chi connectivity index (χ1) is 18.9. The summed E-state index contributed by atoms with van der Waals surface area (Å²) in [6, 6.07) is 5.75. The Labute approximate surface area is 230 Å². The Hall–Kier alpha value is -3.96. The predicted molar refractivity (Wildman–Crippen MR) is 142 cm³/mol. The summed E-state index contributed by atoms with van der Waals surface area (Å²) in [6.07, 6.45) is -2.55. The number of aromatic nitrogens is 2. The summed E-state index contributed by atoms with van der Waals surface area (Å²) in [5.74, 6) is -0.182. The van der Waals surface area contributed by atoms with Gasteiger partial charge in [-0.2, -0.15) is 0 Å². The Morgan fingerprint density at radius 2 is 1.73 bits per heavy atom. The van der Waals surface area contributed by atoms with Gasteiger partial charge in [-0.3, -0.25) is 4.79 Å². The third kappa shape index (κ3) is 6.26. The van der Waals surface area contributed by atoms with E-state index in [1.165, 1.54) is 32.2 Å². The SMILES string of the molecule is CC[C@@H](COC(=O)N1CCN(C(C)=O)CC1)n1cc(C)c2nc(-c3ccc(OC(F)(F)F)cc3OC)c(C)cc21. The minimum atomic E-state index is -4.81. The zero-order valence-electron chi connectivity index (χ0n) is 23.2. The maximum Gasteiger partial charge on any atom is 0.573 e. The summed E-state index contributed by atoms with van der Waals surface area (Å²) in [5, 5.41) is 0. The molecule has 3 aromatic rings. The second-order valence-corrected chi connectivity index (χ2v) is 9.78. The van der Waals surface area contributed by atoms with E-state index in [9.17, 15) is 22.8 Å². The molecule has 0 bridgehead atoms. The molecule has 2 amide bonds. The summed E-state index contributed by atoms with van der Waals surface area (Å²) in [6.45, 7) is 9.32. The number of methoxy groups -OCH3 is 1. The molecule has 2 aromatic heterocycles. The fraction of sp³-hybridized carbons (Fsp3) is 0.464. The Morgan fingerprint density at radius 1 is 1.05 bits per heavy atom. The number of pyridine rings is 1. The van der Waals surface area contributed by atoms with Crippen LogP contribution in [0, 0.1) is 13.8 Å². The molecule has 0 saturated carbocycles. The van der Waals surface area contributed by atoms with Crippen LogP contribution in [-0.2, 0) is 9.53 Å². The lowest BCUT2D eigenvalue weighted by Gasteiger charge is -2.33. The number of hydrogen-bond acceptors (Lipinski definition) is 6. The van der Waals surface area contributed by atoms with E-state index in [-0.39, 0.29) is 30.1 Å². The third-order valence-electron chi connectivity index (χ3n) is 7.09. The summed E-state index contributed by atoms with van der Waals surface area (Å²) < 4.78 is 55.2. The third-order valence-corrected chi connectivity index (χ3v) is 7.09. The lowest BCUT2D eigenvalue weighted by molar-refractivity contribution is -0.274. The molecule has 3 heterocycles. The molecular weight excluding hydrogens is 529 g/mol. The van der Waals surface area contributed by atoms with Crippen molar-refractivity contribution in [2.24, 2.45) is 0 Å². The molecule has 1 fully saturated rings. The number of amides is 2. The summed E-state index contributed by atoms with van der Waals surface area (Å²) >= 11 is 0. The first kappa shape index (κ1) is 29.0. The molecule has 9 nitrogen and oxygen atoms in total. The molecule has 0 aliphatic carbocycles. The van der Waals surface area contributed by atoms with E-state index in [2.05, 4.69) is 4.74 Å². The van der Waals surface area contributed by atoms with Crippen molar-refractivity contribution in [2.45, 2.75) is 46.5 Å². The zero-order chi connectivity index (χ0) is 29.2. The standard InChI is InChI=1S/C28H33F3N4O5/c1-6-20(16-39-27(37)34-11-9-33(10-12-34)19(4)36)35-15-18(3)26-23(35)13-17(2)25(32-26)22-8-7-21(14-24(22)38-5)40-28(29,30)31/h7-8,13-15,20H,6,9-12,16H2,1-5H3/t20-/m0/s1. The molecule has 40 heavy (non-hydrogen) atoms. The number of carbonyl (C=O) groups is 2. The molecule has 0 spiro atoms. The number of halogens is 3. The van der Waals surface area contributed by atoms with Crippen molar-refractivity contribution in [3.63, 3.8) is 0 Å². The lowest BCUT2D eigenvalue weighted by atomic mass is 10.0. The topological polar surface area (TPSA) is 86.1 Å². The number of hydrogen-bond donors (Lipinski definition) is 0. The van der Waals surface area contributed by atoms with Gasteiger partial charge in [0.25, 0.3) is 0 Å². The van der Waals surface area contributed by atoms with E-state index < -0.39 is 12.5 Å². The maximum atomic E-state index is 12.7. The van der Waals surface area contributed by atoms with Gasteiger partial charge >= 0.3 is 12.5 Å². The number of alkyl halides is 3. The van der Waals surface area contributed by atoms with E-state index in [1.807, 2.05) is 37.6 Å². The minimum absolute atomic E-state index is 0.00749. The highest BCUT2D eigenvalue weighted by molar-refractivity contribution is 5.85. The monoisotopic (exact) mass is 562 g/mol. The van der Waals surface area contributed by atoms with Crippen LogP contribution in [0.1, 0.15) is 37.4 Å². The van der Waals surface area contributed by atoms with Crippen molar-refractivity contribution in [2.75, 3.05) is 39.9 Å². The molecule has 1 aliphatic heterocycles. The van der Waals surface area contributed by atoms with E-state index in [4.69, 9.17) is 14.5 Å². The van der Waals surface area contributed by atoms with E-state index in [0.717, 1.165) is 22.2 Å². The maximum absolute atomic E-state index is 12.7. The van der Waals surface area contributed by atoms with Crippen LogP contribution in [0.4, 0.5) is 18.0 Å². The Kier molecular flexibility index (Phi) is 8.45. The second kappa shape index (κ2) is 11.6. The fourth-order valence-electron chi connectivity index (χ4n) is 4.92. The number of carbonyl (C=O) groups excluding carboxylic acids is 2. The fourth-order valence-corrected chi connectivity index (χ4v) is 4.92. The first-order valence-electron chi connectivity index (χ1n) is 13.0. The predicted octanol–water partition coefficient (Wildman–Crippen LogP) is 5.48. The molecule has 4 rings (SSSR count). The van der Waals surface area contributed by atoms with Crippen molar-refractivity contribution >= 4 is 23.0 Å². The van der Waals surface area contributed by atoms with Gasteiger partial charge in [0.1, 0.15) is 18.1 Å². The highest BCUT2D eigenvalue weighted by Gasteiger charge is 2.31. The first-order valence-corrected chi connectivity index (χ1v) is 13.0.